The molecule has 78 valence electrons. The lowest BCUT2D eigenvalue weighted by molar-refractivity contribution is 0.346. The monoisotopic (exact) mass is 183 g/mol. The summed E-state index contributed by atoms with van der Waals surface area (Å²) in [5, 5.41) is 3.49. The van der Waals surface area contributed by atoms with E-state index in [1.807, 2.05) is 0 Å². The minimum atomic E-state index is 0.996. The van der Waals surface area contributed by atoms with Crippen molar-refractivity contribution in [1.82, 2.24) is 5.32 Å². The van der Waals surface area contributed by atoms with Crippen molar-refractivity contribution in [2.45, 2.75) is 58.3 Å². The molecule has 0 radical (unpaired) electrons. The van der Waals surface area contributed by atoms with Gasteiger partial charge in [-0.15, -0.1) is 0 Å². The molecule has 0 aliphatic carbocycles. The number of nitrogens with one attached hydrogen (secondary N) is 1. The number of hydrogen-bond acceptors (Lipinski definition) is 1. The summed E-state index contributed by atoms with van der Waals surface area (Å²) in [4.78, 5) is 0. The average Bonchev–Trinajstić information content (AvgIpc) is 2.19. The lowest BCUT2D eigenvalue weighted by Crippen LogP contribution is -2.29. The summed E-state index contributed by atoms with van der Waals surface area (Å²) < 4.78 is 0. The van der Waals surface area contributed by atoms with E-state index in [0.717, 1.165) is 5.92 Å². The van der Waals surface area contributed by atoms with Crippen LogP contribution in [0, 0.1) is 5.92 Å². The van der Waals surface area contributed by atoms with Gasteiger partial charge in [0.25, 0.3) is 0 Å². The molecule has 0 aromatic carbocycles. The zero-order valence-corrected chi connectivity index (χ0v) is 9.15. The Kier molecular flexibility index (Phi) is 6.26. The summed E-state index contributed by atoms with van der Waals surface area (Å²) in [6, 6.07) is 0. The molecule has 0 aromatic rings. The Bertz CT molecular complexity index is 106. The SMILES string of the molecule is CCCCCCC[C@H]1CCCNC1. The molecular formula is C12H25N. The fraction of sp³-hybridized carbons (Fsp3) is 1.00. The van der Waals surface area contributed by atoms with E-state index in [4.69, 9.17) is 0 Å². The zero-order chi connectivity index (χ0) is 9.36. The van der Waals surface area contributed by atoms with Crippen molar-refractivity contribution >= 4 is 0 Å². The quantitative estimate of drug-likeness (QED) is 0.623. The van der Waals surface area contributed by atoms with Gasteiger partial charge < -0.3 is 5.32 Å². The van der Waals surface area contributed by atoms with Crippen LogP contribution in [0.4, 0.5) is 0 Å². The number of piperidine rings is 1. The first kappa shape index (κ1) is 11.0. The molecule has 1 heteroatoms. The molecule has 1 heterocycles. The normalized spacial score (nSPS) is 23.3. The molecule has 1 fully saturated rings. The fourth-order valence-electron chi connectivity index (χ4n) is 2.21. The first-order valence-corrected chi connectivity index (χ1v) is 6.14. The van der Waals surface area contributed by atoms with Gasteiger partial charge in [0, 0.05) is 0 Å². The van der Waals surface area contributed by atoms with Crippen LogP contribution in [-0.4, -0.2) is 13.1 Å². The highest BCUT2D eigenvalue weighted by Crippen LogP contribution is 2.17. The van der Waals surface area contributed by atoms with Gasteiger partial charge in [0.05, 0.1) is 0 Å². The number of unbranched alkanes of at least 4 members (excludes halogenated alkanes) is 4. The lowest BCUT2D eigenvalue weighted by atomic mass is 9.93. The van der Waals surface area contributed by atoms with Gasteiger partial charge >= 0.3 is 0 Å². The molecular weight excluding hydrogens is 158 g/mol. The largest absolute Gasteiger partial charge is 0.316 e. The van der Waals surface area contributed by atoms with Crippen LogP contribution >= 0.6 is 0 Å². The van der Waals surface area contributed by atoms with E-state index < -0.39 is 0 Å². The van der Waals surface area contributed by atoms with Crippen molar-refractivity contribution in [3.63, 3.8) is 0 Å². The van der Waals surface area contributed by atoms with E-state index in [-0.39, 0.29) is 0 Å². The van der Waals surface area contributed by atoms with Crippen LogP contribution in [0.25, 0.3) is 0 Å². The van der Waals surface area contributed by atoms with E-state index >= 15 is 0 Å². The van der Waals surface area contributed by atoms with E-state index in [9.17, 15) is 0 Å². The Balaban J connectivity index is 1.86. The summed E-state index contributed by atoms with van der Waals surface area (Å²) in [6.07, 6.45) is 11.5. The summed E-state index contributed by atoms with van der Waals surface area (Å²) in [6.45, 7) is 4.82. The minimum Gasteiger partial charge on any atom is -0.316 e. The van der Waals surface area contributed by atoms with Gasteiger partial charge in [0.2, 0.25) is 0 Å². The van der Waals surface area contributed by atoms with Gasteiger partial charge in [-0.1, -0.05) is 39.0 Å². The zero-order valence-electron chi connectivity index (χ0n) is 9.15. The van der Waals surface area contributed by atoms with E-state index in [1.54, 1.807) is 0 Å². The van der Waals surface area contributed by atoms with Gasteiger partial charge in [0.15, 0.2) is 0 Å². The molecule has 0 bridgehead atoms. The van der Waals surface area contributed by atoms with Crippen molar-refractivity contribution in [3.05, 3.63) is 0 Å². The van der Waals surface area contributed by atoms with Gasteiger partial charge in [-0.25, -0.2) is 0 Å². The van der Waals surface area contributed by atoms with Crippen LogP contribution in [-0.2, 0) is 0 Å². The third kappa shape index (κ3) is 5.30. The highest BCUT2D eigenvalue weighted by Gasteiger charge is 2.11. The summed E-state index contributed by atoms with van der Waals surface area (Å²) >= 11 is 0. The summed E-state index contributed by atoms with van der Waals surface area (Å²) in [5.74, 6) is 0.996. The second kappa shape index (κ2) is 7.37. The Labute approximate surface area is 83.3 Å². The Morgan fingerprint density at radius 1 is 1.15 bits per heavy atom. The smallest absolute Gasteiger partial charge is 0.00205 e. The van der Waals surface area contributed by atoms with Crippen molar-refractivity contribution < 1.29 is 0 Å². The van der Waals surface area contributed by atoms with Crippen LogP contribution in [0.2, 0.25) is 0 Å². The van der Waals surface area contributed by atoms with Crippen LogP contribution in [0.3, 0.4) is 0 Å². The molecule has 0 unspecified atom stereocenters. The maximum atomic E-state index is 3.49. The van der Waals surface area contributed by atoms with Crippen LogP contribution < -0.4 is 5.32 Å². The molecule has 1 nitrogen and oxygen atoms in total. The standard InChI is InChI=1S/C12H25N/c1-2-3-4-5-6-8-12-9-7-10-13-11-12/h12-13H,2-11H2,1H3/t12-/m0/s1. The predicted octanol–water partition coefficient (Wildman–Crippen LogP) is 3.35. The Morgan fingerprint density at radius 3 is 2.69 bits per heavy atom. The maximum absolute atomic E-state index is 3.49. The van der Waals surface area contributed by atoms with Crippen molar-refractivity contribution in [2.24, 2.45) is 5.92 Å². The molecule has 0 saturated carbocycles. The molecule has 0 aromatic heterocycles. The number of hydrogen-bond donors (Lipinski definition) is 1. The second-order valence-electron chi connectivity index (χ2n) is 4.42. The molecule has 1 saturated heterocycles. The summed E-state index contributed by atoms with van der Waals surface area (Å²) in [5.41, 5.74) is 0. The molecule has 1 aliphatic heterocycles. The fourth-order valence-corrected chi connectivity index (χ4v) is 2.21. The first-order chi connectivity index (χ1) is 6.43. The highest BCUT2D eigenvalue weighted by molar-refractivity contribution is 4.68. The van der Waals surface area contributed by atoms with Crippen LogP contribution in [0.5, 0.6) is 0 Å². The third-order valence-corrected chi connectivity index (χ3v) is 3.11. The molecule has 13 heavy (non-hydrogen) atoms. The van der Waals surface area contributed by atoms with E-state index in [2.05, 4.69) is 12.2 Å². The Morgan fingerprint density at radius 2 is 2.00 bits per heavy atom. The lowest BCUT2D eigenvalue weighted by Gasteiger charge is -2.22. The third-order valence-electron chi connectivity index (χ3n) is 3.11. The first-order valence-electron chi connectivity index (χ1n) is 6.14. The predicted molar refractivity (Wildman–Crippen MR) is 59.0 cm³/mol. The minimum absolute atomic E-state index is 0.996. The molecule has 1 N–H and O–H groups in total. The Hall–Kier alpha value is -0.0400. The highest BCUT2D eigenvalue weighted by atomic mass is 14.9. The molecule has 0 amide bonds. The average molecular weight is 183 g/mol. The van der Waals surface area contributed by atoms with Crippen LogP contribution in [0.15, 0.2) is 0 Å². The summed E-state index contributed by atoms with van der Waals surface area (Å²) in [7, 11) is 0. The van der Waals surface area contributed by atoms with Crippen molar-refractivity contribution in [3.8, 4) is 0 Å². The van der Waals surface area contributed by atoms with E-state index in [1.165, 1.54) is 64.5 Å². The molecule has 1 aliphatic rings. The molecule has 1 atom stereocenters. The van der Waals surface area contributed by atoms with Gasteiger partial charge in [-0.05, 0) is 38.3 Å². The maximum Gasteiger partial charge on any atom is -0.00205 e. The van der Waals surface area contributed by atoms with E-state index in [0.29, 0.717) is 0 Å². The van der Waals surface area contributed by atoms with Gasteiger partial charge in [-0.2, -0.15) is 0 Å². The van der Waals surface area contributed by atoms with Crippen molar-refractivity contribution in [2.75, 3.05) is 13.1 Å². The second-order valence-corrected chi connectivity index (χ2v) is 4.42. The molecule has 1 rings (SSSR count). The topological polar surface area (TPSA) is 12.0 Å². The van der Waals surface area contributed by atoms with Gasteiger partial charge in [0.1, 0.15) is 0 Å². The molecule has 0 spiro atoms. The van der Waals surface area contributed by atoms with Crippen LogP contribution in [0.1, 0.15) is 58.3 Å². The van der Waals surface area contributed by atoms with Crippen molar-refractivity contribution in [1.29, 1.82) is 0 Å². The number of rotatable bonds is 6. The van der Waals surface area contributed by atoms with Gasteiger partial charge in [-0.3, -0.25) is 0 Å².